The second-order valence-electron chi connectivity index (χ2n) is 8.74. The predicted octanol–water partition coefficient (Wildman–Crippen LogP) is 4.33. The highest BCUT2D eigenvalue weighted by Gasteiger charge is 2.33. The van der Waals surface area contributed by atoms with Gasteiger partial charge in [0.05, 0.1) is 12.8 Å². The van der Waals surface area contributed by atoms with Crippen LogP contribution in [0.15, 0.2) is 70.7 Å². The van der Waals surface area contributed by atoms with Crippen molar-refractivity contribution < 1.29 is 18.8 Å². The Morgan fingerprint density at radius 3 is 2.49 bits per heavy atom. The second-order valence-corrected chi connectivity index (χ2v) is 9.72. The van der Waals surface area contributed by atoms with Crippen LogP contribution in [-0.4, -0.2) is 41.8 Å². The number of hydrogen-bond acceptors (Lipinski definition) is 5. The van der Waals surface area contributed by atoms with Crippen molar-refractivity contribution in [3.05, 3.63) is 82.4 Å². The molecule has 0 radical (unpaired) electrons. The highest BCUT2D eigenvalue weighted by atomic mass is 32.1. The first-order valence-electron chi connectivity index (χ1n) is 12.1. The average Bonchev–Trinajstić information content (AvgIpc) is 3.61. The van der Waals surface area contributed by atoms with Crippen LogP contribution in [0.4, 0.5) is 0 Å². The SMILES string of the molecule is O=C(NCC(=O)N(CCc1ccccc1)C(C(=O)NC1CCCCC1)c1cccs1)c1ccco1. The number of thiophene rings is 1. The molecule has 2 heterocycles. The van der Waals surface area contributed by atoms with Crippen LogP contribution >= 0.6 is 11.3 Å². The van der Waals surface area contributed by atoms with Gasteiger partial charge in [0.2, 0.25) is 11.8 Å². The summed E-state index contributed by atoms with van der Waals surface area (Å²) in [6, 6.07) is 16.2. The third-order valence-electron chi connectivity index (χ3n) is 6.27. The fourth-order valence-electron chi connectivity index (χ4n) is 4.44. The molecule has 0 aliphatic heterocycles. The van der Waals surface area contributed by atoms with Gasteiger partial charge in [0.15, 0.2) is 5.76 Å². The zero-order valence-corrected chi connectivity index (χ0v) is 20.5. The van der Waals surface area contributed by atoms with Gasteiger partial charge in [0.1, 0.15) is 6.04 Å². The van der Waals surface area contributed by atoms with Gasteiger partial charge in [-0.1, -0.05) is 55.7 Å². The van der Waals surface area contributed by atoms with E-state index in [-0.39, 0.29) is 30.2 Å². The molecule has 1 fully saturated rings. The van der Waals surface area contributed by atoms with Gasteiger partial charge in [0.25, 0.3) is 5.91 Å². The Hall–Kier alpha value is -3.39. The summed E-state index contributed by atoms with van der Waals surface area (Å²) < 4.78 is 5.12. The summed E-state index contributed by atoms with van der Waals surface area (Å²) in [5, 5.41) is 7.74. The van der Waals surface area contributed by atoms with Crippen LogP contribution in [0.25, 0.3) is 0 Å². The van der Waals surface area contributed by atoms with Gasteiger partial charge in [-0.2, -0.15) is 0 Å². The Labute approximate surface area is 209 Å². The van der Waals surface area contributed by atoms with Gasteiger partial charge >= 0.3 is 0 Å². The molecular formula is C27H31N3O4S. The summed E-state index contributed by atoms with van der Waals surface area (Å²) in [4.78, 5) is 41.8. The molecule has 8 heteroatoms. The maximum Gasteiger partial charge on any atom is 0.287 e. The average molecular weight is 494 g/mol. The van der Waals surface area contributed by atoms with Crippen LogP contribution in [0.3, 0.4) is 0 Å². The van der Waals surface area contributed by atoms with E-state index in [4.69, 9.17) is 4.42 Å². The Morgan fingerprint density at radius 1 is 1.00 bits per heavy atom. The van der Waals surface area contributed by atoms with Gasteiger partial charge in [0, 0.05) is 17.5 Å². The zero-order valence-electron chi connectivity index (χ0n) is 19.7. The predicted molar refractivity (Wildman–Crippen MR) is 135 cm³/mol. The quantitative estimate of drug-likeness (QED) is 0.440. The van der Waals surface area contributed by atoms with Crippen LogP contribution < -0.4 is 10.6 Å². The molecule has 1 unspecified atom stereocenters. The van der Waals surface area contributed by atoms with E-state index in [1.165, 1.54) is 24.0 Å². The van der Waals surface area contributed by atoms with Crippen molar-refractivity contribution in [2.24, 2.45) is 0 Å². The Bertz CT molecular complexity index is 1080. The van der Waals surface area contributed by atoms with Gasteiger partial charge < -0.3 is 20.0 Å². The lowest BCUT2D eigenvalue weighted by molar-refractivity contribution is -0.140. The molecule has 3 amide bonds. The molecule has 1 aromatic carbocycles. The van der Waals surface area contributed by atoms with Gasteiger partial charge in [-0.15, -0.1) is 11.3 Å². The van der Waals surface area contributed by atoms with E-state index in [9.17, 15) is 14.4 Å². The minimum absolute atomic E-state index is 0.128. The molecule has 3 aromatic rings. The standard InChI is InChI=1S/C27H31N3O4S/c31-24(19-28-26(32)22-13-7-17-34-22)30(16-15-20-9-3-1-4-10-20)25(23-14-8-18-35-23)27(33)29-21-11-5-2-6-12-21/h1,3-4,7-10,13-14,17-18,21,25H,2,5-6,11-12,15-16,19H2,(H,28,32)(H,29,33). The topological polar surface area (TPSA) is 91.7 Å². The van der Waals surface area contributed by atoms with Gasteiger partial charge in [-0.3, -0.25) is 14.4 Å². The first kappa shape index (κ1) is 24.7. The van der Waals surface area contributed by atoms with E-state index in [0.717, 1.165) is 36.1 Å². The molecule has 184 valence electrons. The summed E-state index contributed by atoms with van der Waals surface area (Å²) in [5.41, 5.74) is 1.07. The minimum atomic E-state index is -0.756. The second kappa shape index (κ2) is 12.4. The fourth-order valence-corrected chi connectivity index (χ4v) is 5.28. The molecule has 0 spiro atoms. The highest BCUT2D eigenvalue weighted by molar-refractivity contribution is 7.10. The largest absolute Gasteiger partial charge is 0.459 e. The number of carbonyl (C=O) groups is 3. The molecular weight excluding hydrogens is 462 g/mol. The van der Waals surface area contributed by atoms with Crippen molar-refractivity contribution in [2.75, 3.05) is 13.1 Å². The molecule has 35 heavy (non-hydrogen) atoms. The molecule has 2 N–H and O–H groups in total. The van der Waals surface area contributed by atoms with E-state index < -0.39 is 11.9 Å². The van der Waals surface area contributed by atoms with Crippen molar-refractivity contribution in [3.63, 3.8) is 0 Å². The van der Waals surface area contributed by atoms with E-state index >= 15 is 0 Å². The number of rotatable bonds is 10. The molecule has 0 bridgehead atoms. The third-order valence-corrected chi connectivity index (χ3v) is 7.20. The van der Waals surface area contributed by atoms with Gasteiger partial charge in [-0.05, 0) is 48.4 Å². The van der Waals surface area contributed by atoms with Gasteiger partial charge in [-0.25, -0.2) is 0 Å². The fraction of sp³-hybridized carbons (Fsp3) is 0.370. The van der Waals surface area contributed by atoms with Crippen LogP contribution in [0.5, 0.6) is 0 Å². The number of nitrogens with zero attached hydrogens (tertiary/aromatic N) is 1. The summed E-state index contributed by atoms with van der Waals surface area (Å²) in [6.45, 7) is 0.118. The van der Waals surface area contributed by atoms with Crippen LogP contribution in [0.1, 0.15) is 59.1 Å². The maximum atomic E-state index is 13.6. The van der Waals surface area contributed by atoms with Crippen LogP contribution in [-0.2, 0) is 16.0 Å². The summed E-state index contributed by atoms with van der Waals surface area (Å²) in [6.07, 6.45) is 7.31. The van der Waals surface area contributed by atoms with E-state index in [2.05, 4.69) is 10.6 Å². The maximum absolute atomic E-state index is 13.6. The van der Waals surface area contributed by atoms with Crippen molar-refractivity contribution in [2.45, 2.75) is 50.6 Å². The lowest BCUT2D eigenvalue weighted by Gasteiger charge is -2.33. The number of benzene rings is 1. The monoisotopic (exact) mass is 493 g/mol. The molecule has 1 atom stereocenters. The molecule has 0 saturated heterocycles. The first-order valence-corrected chi connectivity index (χ1v) is 13.0. The molecule has 7 nitrogen and oxygen atoms in total. The Balaban J connectivity index is 1.54. The minimum Gasteiger partial charge on any atom is -0.459 e. The number of furan rings is 1. The zero-order chi connectivity index (χ0) is 24.5. The normalized spacial score (nSPS) is 14.7. The molecule has 1 aliphatic carbocycles. The lowest BCUT2D eigenvalue weighted by Crippen LogP contribution is -2.49. The Kier molecular flexibility index (Phi) is 8.73. The van der Waals surface area contributed by atoms with Crippen molar-refractivity contribution >= 4 is 29.1 Å². The smallest absolute Gasteiger partial charge is 0.287 e. The van der Waals surface area contributed by atoms with Crippen LogP contribution in [0, 0.1) is 0 Å². The first-order chi connectivity index (χ1) is 17.1. The number of nitrogens with one attached hydrogen (secondary N) is 2. The van der Waals surface area contributed by atoms with E-state index in [1.54, 1.807) is 17.0 Å². The van der Waals surface area contributed by atoms with E-state index in [1.807, 2.05) is 47.8 Å². The lowest BCUT2D eigenvalue weighted by atomic mass is 9.95. The summed E-state index contributed by atoms with van der Waals surface area (Å²) in [5.74, 6) is -0.819. The van der Waals surface area contributed by atoms with Crippen molar-refractivity contribution in [1.82, 2.24) is 15.5 Å². The molecule has 1 aliphatic rings. The van der Waals surface area contributed by atoms with E-state index in [0.29, 0.717) is 13.0 Å². The molecule has 1 saturated carbocycles. The highest BCUT2D eigenvalue weighted by Crippen LogP contribution is 2.27. The molecule has 2 aromatic heterocycles. The van der Waals surface area contributed by atoms with Crippen molar-refractivity contribution in [3.8, 4) is 0 Å². The number of amides is 3. The van der Waals surface area contributed by atoms with Crippen LogP contribution in [0.2, 0.25) is 0 Å². The Morgan fingerprint density at radius 2 is 1.80 bits per heavy atom. The summed E-state index contributed by atoms with van der Waals surface area (Å²) >= 11 is 1.45. The number of carbonyl (C=O) groups excluding carboxylic acids is 3. The number of hydrogen-bond donors (Lipinski definition) is 2. The molecule has 4 rings (SSSR count). The van der Waals surface area contributed by atoms with Crippen molar-refractivity contribution in [1.29, 1.82) is 0 Å². The third kappa shape index (κ3) is 6.82. The summed E-state index contributed by atoms with van der Waals surface area (Å²) in [7, 11) is 0.